The van der Waals surface area contributed by atoms with Crippen LogP contribution in [0.15, 0.2) is 53.5 Å². The molecule has 0 spiro atoms. The average molecular weight is 544 g/mol. The Hall–Kier alpha value is -4.11. The van der Waals surface area contributed by atoms with Gasteiger partial charge >= 0.3 is 0 Å². The molecular weight excluding hydrogens is 512 g/mol. The highest BCUT2D eigenvalue weighted by Crippen LogP contribution is 2.33. The van der Waals surface area contributed by atoms with Gasteiger partial charge in [0.1, 0.15) is 11.6 Å². The van der Waals surface area contributed by atoms with Crippen LogP contribution in [0.25, 0.3) is 22.2 Å². The maximum absolute atomic E-state index is 15.4. The number of nitrogens with zero attached hydrogens (tertiary/aromatic N) is 2. The van der Waals surface area contributed by atoms with E-state index in [4.69, 9.17) is 0 Å². The Balaban J connectivity index is 1.35. The summed E-state index contributed by atoms with van der Waals surface area (Å²) in [6.45, 7) is 1.56. The number of aromatic amines is 1. The average Bonchev–Trinajstić information content (AvgIpc) is 2.94. The molecule has 0 saturated heterocycles. The van der Waals surface area contributed by atoms with Gasteiger partial charge in [-0.05, 0) is 79.9 Å². The van der Waals surface area contributed by atoms with E-state index >= 15 is 8.78 Å². The zero-order valence-corrected chi connectivity index (χ0v) is 22.3. The van der Waals surface area contributed by atoms with Crippen molar-refractivity contribution >= 4 is 33.9 Å². The third-order valence-corrected chi connectivity index (χ3v) is 7.98. The first-order valence-electron chi connectivity index (χ1n) is 13.8. The van der Waals surface area contributed by atoms with Crippen molar-refractivity contribution in [2.45, 2.75) is 45.1 Å². The zero-order chi connectivity index (χ0) is 27.8. The van der Waals surface area contributed by atoms with Crippen LogP contribution in [0.1, 0.15) is 43.2 Å². The van der Waals surface area contributed by atoms with Crippen molar-refractivity contribution < 1.29 is 13.6 Å². The van der Waals surface area contributed by atoms with Gasteiger partial charge in [0.05, 0.1) is 28.0 Å². The molecule has 206 valence electrons. The van der Waals surface area contributed by atoms with Crippen LogP contribution in [0.2, 0.25) is 0 Å². The fourth-order valence-corrected chi connectivity index (χ4v) is 5.80. The summed E-state index contributed by atoms with van der Waals surface area (Å²) in [5, 5.41) is 6.18. The van der Waals surface area contributed by atoms with Gasteiger partial charge in [0.15, 0.2) is 0 Å². The van der Waals surface area contributed by atoms with Crippen LogP contribution in [-0.4, -0.2) is 34.4 Å². The SMILES string of the molecule is CN1CCc2cc(F)c(Nc3cc(-c4ccc(NC(=O)C5CCCCC5)cc4F)nc4cc[nH]c(=O)c34)cc2C1. The first-order chi connectivity index (χ1) is 19.4. The fraction of sp³-hybridized carbons (Fsp3) is 0.323. The largest absolute Gasteiger partial charge is 0.352 e. The van der Waals surface area contributed by atoms with E-state index in [1.165, 1.54) is 12.3 Å². The Morgan fingerprint density at radius 1 is 1.00 bits per heavy atom. The number of halogens is 2. The number of fused-ring (bicyclic) bond motifs is 2. The second kappa shape index (κ2) is 10.8. The van der Waals surface area contributed by atoms with E-state index in [0.29, 0.717) is 23.4 Å². The van der Waals surface area contributed by atoms with Gasteiger partial charge in [0.25, 0.3) is 5.56 Å². The van der Waals surface area contributed by atoms with Gasteiger partial charge in [-0.25, -0.2) is 13.8 Å². The minimum atomic E-state index is -0.563. The summed E-state index contributed by atoms with van der Waals surface area (Å²) in [6, 6.07) is 11.0. The topological polar surface area (TPSA) is 90.1 Å². The van der Waals surface area contributed by atoms with E-state index in [9.17, 15) is 9.59 Å². The van der Waals surface area contributed by atoms with Gasteiger partial charge in [0, 0.05) is 36.5 Å². The van der Waals surface area contributed by atoms with Crippen molar-refractivity contribution in [3.05, 3.63) is 81.8 Å². The molecular formula is C31H31F2N5O2. The predicted octanol–water partition coefficient (Wildman–Crippen LogP) is 6.12. The van der Waals surface area contributed by atoms with Gasteiger partial charge in [-0.1, -0.05) is 19.3 Å². The van der Waals surface area contributed by atoms with Crippen LogP contribution in [0.3, 0.4) is 0 Å². The molecule has 1 aliphatic heterocycles. The van der Waals surface area contributed by atoms with Crippen LogP contribution in [0.5, 0.6) is 0 Å². The summed E-state index contributed by atoms with van der Waals surface area (Å²) in [6.07, 6.45) is 7.15. The third-order valence-electron chi connectivity index (χ3n) is 7.98. The molecule has 7 nitrogen and oxygen atoms in total. The molecule has 2 aromatic carbocycles. The molecule has 0 atom stereocenters. The molecule has 4 aromatic rings. The number of hydrogen-bond acceptors (Lipinski definition) is 5. The number of amides is 1. The van der Waals surface area contributed by atoms with Crippen molar-refractivity contribution in [2.24, 2.45) is 5.92 Å². The summed E-state index contributed by atoms with van der Waals surface area (Å²) >= 11 is 0. The Labute approximate surface area is 230 Å². The molecule has 9 heteroatoms. The molecule has 1 fully saturated rings. The van der Waals surface area contributed by atoms with Gasteiger partial charge in [-0.2, -0.15) is 0 Å². The van der Waals surface area contributed by atoms with E-state index in [2.05, 4.69) is 25.5 Å². The maximum Gasteiger partial charge on any atom is 0.259 e. The number of anilines is 3. The van der Waals surface area contributed by atoms with Crippen LogP contribution in [0.4, 0.5) is 25.8 Å². The minimum absolute atomic E-state index is 0.0465. The van der Waals surface area contributed by atoms with Crippen molar-refractivity contribution in [2.75, 3.05) is 24.2 Å². The quantitative estimate of drug-likeness (QED) is 0.282. The number of nitrogens with one attached hydrogen (secondary N) is 3. The summed E-state index contributed by atoms with van der Waals surface area (Å²) in [7, 11) is 2.02. The fourth-order valence-electron chi connectivity index (χ4n) is 5.80. The highest BCUT2D eigenvalue weighted by molar-refractivity contribution is 5.95. The number of aromatic nitrogens is 2. The highest BCUT2D eigenvalue weighted by Gasteiger charge is 2.22. The number of benzene rings is 2. The van der Waals surface area contributed by atoms with Crippen LogP contribution >= 0.6 is 0 Å². The van der Waals surface area contributed by atoms with Crippen LogP contribution in [0, 0.1) is 17.6 Å². The molecule has 0 bridgehead atoms. The van der Waals surface area contributed by atoms with E-state index in [-0.39, 0.29) is 34.2 Å². The molecule has 6 rings (SSSR count). The van der Waals surface area contributed by atoms with E-state index in [1.54, 1.807) is 36.4 Å². The highest BCUT2D eigenvalue weighted by atomic mass is 19.1. The zero-order valence-electron chi connectivity index (χ0n) is 22.3. The first kappa shape index (κ1) is 26.1. The number of pyridine rings is 2. The molecule has 3 heterocycles. The minimum Gasteiger partial charge on any atom is -0.352 e. The number of hydrogen-bond donors (Lipinski definition) is 3. The lowest BCUT2D eigenvalue weighted by atomic mass is 9.88. The van der Waals surface area contributed by atoms with Crippen molar-refractivity contribution in [1.29, 1.82) is 0 Å². The van der Waals surface area contributed by atoms with Gasteiger partial charge in [0.2, 0.25) is 5.91 Å². The van der Waals surface area contributed by atoms with Gasteiger partial charge in [-0.3, -0.25) is 9.59 Å². The lowest BCUT2D eigenvalue weighted by Gasteiger charge is -2.26. The molecule has 3 N–H and O–H groups in total. The Morgan fingerprint density at radius 2 is 1.82 bits per heavy atom. The van der Waals surface area contributed by atoms with Crippen molar-refractivity contribution in [1.82, 2.24) is 14.9 Å². The number of carbonyl (C=O) groups excluding carboxylic acids is 1. The van der Waals surface area contributed by atoms with Gasteiger partial charge in [-0.15, -0.1) is 0 Å². The molecule has 0 unspecified atom stereocenters. The molecule has 1 saturated carbocycles. The molecule has 1 aliphatic carbocycles. The number of rotatable bonds is 5. The number of carbonyl (C=O) groups is 1. The molecule has 0 radical (unpaired) electrons. The molecule has 2 aromatic heterocycles. The molecule has 40 heavy (non-hydrogen) atoms. The monoisotopic (exact) mass is 543 g/mol. The Morgan fingerprint density at radius 3 is 2.62 bits per heavy atom. The van der Waals surface area contributed by atoms with E-state index in [0.717, 1.165) is 56.2 Å². The summed E-state index contributed by atoms with van der Waals surface area (Å²) in [4.78, 5) is 34.8. The standard InChI is InChI=1S/C31H31F2N5O2/c1-38-12-10-19-13-24(33)27(14-20(19)17-38)37-28-16-26(36-25-9-11-34-31(40)29(25)28)22-8-7-21(15-23(22)32)35-30(39)18-5-3-2-4-6-18/h7-9,11,13-16,18H,2-6,10,12,17H2,1H3,(H,34,40)(H,35,39)(H,36,37). The maximum atomic E-state index is 15.4. The van der Waals surface area contributed by atoms with Crippen LogP contribution in [-0.2, 0) is 17.8 Å². The van der Waals surface area contributed by atoms with Crippen molar-refractivity contribution in [3.8, 4) is 11.3 Å². The number of H-pyrrole nitrogens is 1. The number of likely N-dealkylation sites (N-methyl/N-ethyl adjacent to an activating group) is 1. The lowest BCUT2D eigenvalue weighted by molar-refractivity contribution is -0.120. The summed E-state index contributed by atoms with van der Waals surface area (Å²) in [5.74, 6) is -1.12. The second-order valence-electron chi connectivity index (χ2n) is 10.9. The first-order valence-corrected chi connectivity index (χ1v) is 13.8. The molecule has 1 amide bonds. The molecule has 2 aliphatic rings. The normalized spacial score (nSPS) is 16.1. The summed E-state index contributed by atoms with van der Waals surface area (Å²) < 4.78 is 30.6. The Kier molecular flexibility index (Phi) is 7.06. The predicted molar refractivity (Wildman–Crippen MR) is 153 cm³/mol. The van der Waals surface area contributed by atoms with Gasteiger partial charge < -0.3 is 20.5 Å². The van der Waals surface area contributed by atoms with E-state index in [1.807, 2.05) is 7.05 Å². The second-order valence-corrected chi connectivity index (χ2v) is 10.9. The third kappa shape index (κ3) is 5.21. The summed E-state index contributed by atoms with van der Waals surface area (Å²) in [5.41, 5.74) is 3.35. The van der Waals surface area contributed by atoms with Crippen LogP contribution < -0.4 is 16.2 Å². The van der Waals surface area contributed by atoms with Crippen molar-refractivity contribution in [3.63, 3.8) is 0 Å². The van der Waals surface area contributed by atoms with E-state index < -0.39 is 17.2 Å². The Bertz CT molecular complexity index is 1660. The smallest absolute Gasteiger partial charge is 0.259 e. The lowest BCUT2D eigenvalue weighted by Crippen LogP contribution is -2.26.